The third-order valence-electron chi connectivity index (χ3n) is 5.79. The van der Waals surface area contributed by atoms with E-state index in [1.165, 1.54) is 24.3 Å². The summed E-state index contributed by atoms with van der Waals surface area (Å²) in [5, 5.41) is 10.8. The van der Waals surface area contributed by atoms with Crippen molar-refractivity contribution in [1.82, 2.24) is 9.80 Å². The maximum absolute atomic E-state index is 13.2. The fourth-order valence-electron chi connectivity index (χ4n) is 4.10. The van der Waals surface area contributed by atoms with Crippen molar-refractivity contribution in [3.05, 3.63) is 59.3 Å². The molecule has 3 heterocycles. The summed E-state index contributed by atoms with van der Waals surface area (Å²) < 4.78 is 21.5. The molecule has 1 N–H and O–H groups in total. The number of rotatable bonds is 8. The van der Waals surface area contributed by atoms with Gasteiger partial charge in [0.05, 0.1) is 45.3 Å². The van der Waals surface area contributed by atoms with Gasteiger partial charge in [0.15, 0.2) is 11.5 Å². The smallest absolute Gasteiger partial charge is 0.290 e. The lowest BCUT2D eigenvalue weighted by molar-refractivity contribution is -0.129. The zero-order chi connectivity index (χ0) is 22.7. The van der Waals surface area contributed by atoms with Crippen LogP contribution in [0.2, 0.25) is 0 Å². The van der Waals surface area contributed by atoms with Crippen LogP contribution in [-0.4, -0.2) is 80.2 Å². The molecule has 1 atom stereocenters. The molecule has 1 aromatic carbocycles. The number of hydrogen-bond donors (Lipinski definition) is 1. The average Bonchev–Trinajstić information content (AvgIpc) is 3.45. The Kier molecular flexibility index (Phi) is 6.48. The van der Waals surface area contributed by atoms with Gasteiger partial charge in [0.25, 0.3) is 5.91 Å². The molecule has 1 fully saturated rings. The highest BCUT2D eigenvalue weighted by molar-refractivity contribution is 6.15. The molecule has 9 nitrogen and oxygen atoms in total. The minimum absolute atomic E-state index is 0.0320. The summed E-state index contributed by atoms with van der Waals surface area (Å²) >= 11 is 0. The van der Waals surface area contributed by atoms with Crippen LogP contribution in [0, 0.1) is 0 Å². The number of hydrogen-bond acceptors (Lipinski definition) is 8. The normalized spacial score (nSPS) is 19.5. The molecule has 0 aliphatic carbocycles. The van der Waals surface area contributed by atoms with Crippen LogP contribution in [-0.2, 0) is 9.53 Å². The molecule has 2 aromatic rings. The number of aliphatic hydroxyl groups is 1. The number of nitrogens with zero attached hydrogens (tertiary/aromatic N) is 2. The van der Waals surface area contributed by atoms with E-state index in [2.05, 4.69) is 4.90 Å². The molecule has 1 aromatic heterocycles. The number of ether oxygens (including phenoxy) is 3. The molecule has 170 valence electrons. The minimum atomic E-state index is -0.831. The van der Waals surface area contributed by atoms with Gasteiger partial charge in [-0.15, -0.1) is 0 Å². The predicted molar refractivity (Wildman–Crippen MR) is 114 cm³/mol. The SMILES string of the molecule is COc1ccc([C@@H]2C(C(=O)c3ccco3)=C(O)C(=O)N2CCN2CCOCC2)c(OC)c1. The molecule has 0 bridgehead atoms. The molecule has 4 rings (SSSR count). The highest BCUT2D eigenvalue weighted by atomic mass is 16.5. The van der Waals surface area contributed by atoms with E-state index in [0.717, 1.165) is 13.1 Å². The van der Waals surface area contributed by atoms with Crippen molar-refractivity contribution >= 4 is 11.7 Å². The van der Waals surface area contributed by atoms with Gasteiger partial charge < -0.3 is 28.6 Å². The van der Waals surface area contributed by atoms with Gasteiger partial charge in [0, 0.05) is 37.8 Å². The number of carbonyl (C=O) groups is 2. The maximum atomic E-state index is 13.2. The monoisotopic (exact) mass is 442 g/mol. The lowest BCUT2D eigenvalue weighted by atomic mass is 9.94. The van der Waals surface area contributed by atoms with Crippen molar-refractivity contribution in [2.24, 2.45) is 0 Å². The highest BCUT2D eigenvalue weighted by Crippen LogP contribution is 2.43. The van der Waals surface area contributed by atoms with Crippen molar-refractivity contribution in [3.8, 4) is 11.5 Å². The molecule has 0 spiro atoms. The van der Waals surface area contributed by atoms with Gasteiger partial charge in [-0.2, -0.15) is 0 Å². The topological polar surface area (TPSA) is 102 Å². The summed E-state index contributed by atoms with van der Waals surface area (Å²) in [5.74, 6) is -0.656. The van der Waals surface area contributed by atoms with E-state index >= 15 is 0 Å². The van der Waals surface area contributed by atoms with E-state index in [9.17, 15) is 14.7 Å². The van der Waals surface area contributed by atoms with E-state index in [1.54, 1.807) is 31.4 Å². The number of aliphatic hydroxyl groups excluding tert-OH is 1. The molecule has 0 radical (unpaired) electrons. The Morgan fingerprint density at radius 3 is 2.59 bits per heavy atom. The Morgan fingerprint density at radius 2 is 1.94 bits per heavy atom. The average molecular weight is 442 g/mol. The highest BCUT2D eigenvalue weighted by Gasteiger charge is 2.45. The second-order valence-corrected chi connectivity index (χ2v) is 7.53. The van der Waals surface area contributed by atoms with Crippen LogP contribution >= 0.6 is 0 Å². The van der Waals surface area contributed by atoms with E-state index < -0.39 is 23.5 Å². The molecular weight excluding hydrogens is 416 g/mol. The first-order valence-corrected chi connectivity index (χ1v) is 10.4. The Bertz CT molecular complexity index is 1010. The number of benzene rings is 1. The predicted octanol–water partition coefficient (Wildman–Crippen LogP) is 2.21. The zero-order valence-corrected chi connectivity index (χ0v) is 18.1. The summed E-state index contributed by atoms with van der Waals surface area (Å²) in [6.45, 7) is 3.69. The molecule has 2 aliphatic heterocycles. The summed E-state index contributed by atoms with van der Waals surface area (Å²) in [5.41, 5.74) is 0.540. The fourth-order valence-corrected chi connectivity index (χ4v) is 4.10. The van der Waals surface area contributed by atoms with E-state index in [4.69, 9.17) is 18.6 Å². The van der Waals surface area contributed by atoms with Crippen LogP contribution in [0.15, 0.2) is 52.3 Å². The van der Waals surface area contributed by atoms with Gasteiger partial charge in [-0.05, 0) is 24.3 Å². The van der Waals surface area contributed by atoms with E-state index in [0.29, 0.717) is 43.4 Å². The van der Waals surface area contributed by atoms with Crippen molar-refractivity contribution in [3.63, 3.8) is 0 Å². The third-order valence-corrected chi connectivity index (χ3v) is 5.79. The third kappa shape index (κ3) is 4.09. The molecule has 32 heavy (non-hydrogen) atoms. The van der Waals surface area contributed by atoms with Crippen LogP contribution in [0.1, 0.15) is 22.2 Å². The largest absolute Gasteiger partial charge is 0.503 e. The number of carbonyl (C=O) groups excluding carboxylic acids is 2. The van der Waals surface area contributed by atoms with Crippen LogP contribution in [0.4, 0.5) is 0 Å². The van der Waals surface area contributed by atoms with Crippen LogP contribution in [0.25, 0.3) is 0 Å². The van der Waals surface area contributed by atoms with Crippen molar-refractivity contribution in [2.45, 2.75) is 6.04 Å². The summed E-state index contributed by atoms with van der Waals surface area (Å²) in [4.78, 5) is 30.0. The number of amides is 1. The van der Waals surface area contributed by atoms with Crippen molar-refractivity contribution in [1.29, 1.82) is 0 Å². The number of Topliss-reactive ketones (excluding diaryl/α,β-unsaturated/α-hetero) is 1. The first-order chi connectivity index (χ1) is 15.5. The van der Waals surface area contributed by atoms with Crippen molar-refractivity contribution in [2.75, 3.05) is 53.6 Å². The van der Waals surface area contributed by atoms with Gasteiger partial charge in [-0.3, -0.25) is 14.5 Å². The lowest BCUT2D eigenvalue weighted by Gasteiger charge is -2.32. The molecule has 9 heteroatoms. The van der Waals surface area contributed by atoms with Crippen molar-refractivity contribution < 1.29 is 33.3 Å². The first-order valence-electron chi connectivity index (χ1n) is 10.4. The van der Waals surface area contributed by atoms with Gasteiger partial charge in [-0.1, -0.05) is 0 Å². The number of morpholine rings is 1. The van der Waals surface area contributed by atoms with Gasteiger partial charge in [0.1, 0.15) is 11.5 Å². The molecule has 1 amide bonds. The molecule has 0 saturated carbocycles. The standard InChI is InChI=1S/C23H26N2O7/c1-29-15-5-6-16(18(14-15)30-2)20-19(21(26)17-4-3-11-32-17)22(27)23(28)25(20)8-7-24-9-12-31-13-10-24/h3-6,11,14,20,27H,7-10,12-13H2,1-2H3/t20-/m1/s1. The first kappa shape index (κ1) is 21.9. The second-order valence-electron chi connectivity index (χ2n) is 7.53. The van der Waals surface area contributed by atoms with Gasteiger partial charge in [-0.25, -0.2) is 0 Å². The Morgan fingerprint density at radius 1 is 1.16 bits per heavy atom. The number of ketones is 1. The molecule has 1 saturated heterocycles. The summed E-state index contributed by atoms with van der Waals surface area (Å²) in [7, 11) is 3.05. The second kappa shape index (κ2) is 9.46. The summed E-state index contributed by atoms with van der Waals surface area (Å²) in [6, 6.07) is 7.41. The van der Waals surface area contributed by atoms with E-state index in [1.807, 2.05) is 0 Å². The van der Waals surface area contributed by atoms with Crippen LogP contribution < -0.4 is 9.47 Å². The van der Waals surface area contributed by atoms with Gasteiger partial charge in [0.2, 0.25) is 5.78 Å². The molecular formula is C23H26N2O7. The number of furan rings is 1. The zero-order valence-electron chi connectivity index (χ0n) is 18.1. The Labute approximate surface area is 185 Å². The Hall–Kier alpha value is -3.30. The van der Waals surface area contributed by atoms with Crippen LogP contribution in [0.3, 0.4) is 0 Å². The molecule has 0 unspecified atom stereocenters. The van der Waals surface area contributed by atoms with Crippen LogP contribution in [0.5, 0.6) is 11.5 Å². The van der Waals surface area contributed by atoms with E-state index in [-0.39, 0.29) is 11.3 Å². The fraction of sp³-hybridized carbons (Fsp3) is 0.391. The lowest BCUT2D eigenvalue weighted by Crippen LogP contribution is -2.43. The summed E-state index contributed by atoms with van der Waals surface area (Å²) in [6.07, 6.45) is 1.38. The molecule has 2 aliphatic rings. The number of methoxy groups -OCH3 is 2. The maximum Gasteiger partial charge on any atom is 0.290 e. The van der Waals surface area contributed by atoms with Gasteiger partial charge >= 0.3 is 0 Å². The quantitative estimate of drug-likeness (QED) is 0.621. The Balaban J connectivity index is 1.73. The minimum Gasteiger partial charge on any atom is -0.503 e.